The van der Waals surface area contributed by atoms with Crippen molar-refractivity contribution in [3.63, 3.8) is 0 Å². The molecule has 0 bridgehead atoms. The number of likely N-dealkylation sites (tertiary alicyclic amines) is 1. The summed E-state index contributed by atoms with van der Waals surface area (Å²) in [6.45, 7) is 2.52. The second-order valence-electron chi connectivity index (χ2n) is 5.37. The van der Waals surface area contributed by atoms with Crippen molar-refractivity contribution in [2.45, 2.75) is 13.3 Å². The molecule has 2 atom stereocenters. The number of piperidine rings is 1. The van der Waals surface area contributed by atoms with Crippen LogP contribution in [0.2, 0.25) is 5.02 Å². The molecule has 5 nitrogen and oxygen atoms in total. The van der Waals surface area contributed by atoms with Gasteiger partial charge in [0, 0.05) is 23.8 Å². The van der Waals surface area contributed by atoms with Gasteiger partial charge in [-0.3, -0.25) is 4.79 Å². The smallest absolute Gasteiger partial charge is 0.321 e. The number of rotatable bonds is 2. The number of urea groups is 1. The average molecular weight is 315 g/mol. The Morgan fingerprint density at radius 2 is 2.10 bits per heavy atom. The van der Waals surface area contributed by atoms with E-state index >= 15 is 0 Å². The lowest BCUT2D eigenvalue weighted by Crippen LogP contribution is -2.47. The number of nitrogens with one attached hydrogen (secondary N) is 1. The third kappa shape index (κ3) is 4.07. The number of nitrogens with zero attached hydrogens (tertiary/aromatic N) is 1. The van der Waals surface area contributed by atoms with Crippen molar-refractivity contribution in [3.05, 3.63) is 29.0 Å². The number of benzene rings is 1. The molecule has 0 aromatic heterocycles. The zero-order valence-corrected chi connectivity index (χ0v) is 12.2. The summed E-state index contributed by atoms with van der Waals surface area (Å²) >= 11 is 5.72. The van der Waals surface area contributed by atoms with Crippen molar-refractivity contribution in [2.24, 2.45) is 11.8 Å². The molecule has 0 aliphatic carbocycles. The highest BCUT2D eigenvalue weighted by Gasteiger charge is 2.31. The lowest BCUT2D eigenvalue weighted by atomic mass is 9.91. The number of carboxylic acid groups (broad SMARTS) is 1. The molecule has 114 valence electrons. The summed E-state index contributed by atoms with van der Waals surface area (Å²) < 4.78 is 13.2. The van der Waals surface area contributed by atoms with Crippen LogP contribution in [0.1, 0.15) is 13.3 Å². The monoisotopic (exact) mass is 314 g/mol. The van der Waals surface area contributed by atoms with Crippen molar-refractivity contribution in [1.29, 1.82) is 0 Å². The third-order valence-electron chi connectivity index (χ3n) is 3.41. The van der Waals surface area contributed by atoms with Crippen molar-refractivity contribution >= 4 is 29.3 Å². The fraction of sp³-hybridized carbons (Fsp3) is 0.429. The molecule has 1 aliphatic rings. The molecule has 2 amide bonds. The van der Waals surface area contributed by atoms with E-state index in [1.807, 2.05) is 6.92 Å². The molecular formula is C14H16ClFN2O3. The Kier molecular flexibility index (Phi) is 4.67. The van der Waals surface area contributed by atoms with E-state index in [1.165, 1.54) is 11.0 Å². The van der Waals surface area contributed by atoms with Gasteiger partial charge in [-0.25, -0.2) is 9.18 Å². The molecule has 1 saturated heterocycles. The zero-order chi connectivity index (χ0) is 15.6. The van der Waals surface area contributed by atoms with Gasteiger partial charge in [-0.15, -0.1) is 0 Å². The molecule has 1 fully saturated rings. The fourth-order valence-electron chi connectivity index (χ4n) is 2.52. The van der Waals surface area contributed by atoms with Crippen molar-refractivity contribution in [3.8, 4) is 0 Å². The summed E-state index contributed by atoms with van der Waals surface area (Å²) in [6, 6.07) is 3.28. The fourth-order valence-corrected chi connectivity index (χ4v) is 2.75. The molecule has 21 heavy (non-hydrogen) atoms. The van der Waals surface area contributed by atoms with Gasteiger partial charge < -0.3 is 15.3 Å². The zero-order valence-electron chi connectivity index (χ0n) is 11.5. The minimum Gasteiger partial charge on any atom is -0.481 e. The summed E-state index contributed by atoms with van der Waals surface area (Å²) in [6.07, 6.45) is 0.547. The highest BCUT2D eigenvalue weighted by molar-refractivity contribution is 6.30. The van der Waals surface area contributed by atoms with Crippen molar-refractivity contribution < 1.29 is 19.1 Å². The maximum absolute atomic E-state index is 13.2. The Morgan fingerprint density at radius 1 is 1.38 bits per heavy atom. The van der Waals surface area contributed by atoms with E-state index in [0.29, 0.717) is 13.0 Å². The second-order valence-corrected chi connectivity index (χ2v) is 5.81. The number of halogens is 2. The summed E-state index contributed by atoms with van der Waals surface area (Å²) in [5.41, 5.74) is 0.245. The van der Waals surface area contributed by atoms with Crippen molar-refractivity contribution in [2.75, 3.05) is 18.4 Å². The van der Waals surface area contributed by atoms with Crippen LogP contribution in [-0.2, 0) is 4.79 Å². The van der Waals surface area contributed by atoms with Crippen LogP contribution in [0.25, 0.3) is 0 Å². The van der Waals surface area contributed by atoms with Gasteiger partial charge in [0.1, 0.15) is 5.82 Å². The number of amides is 2. The van der Waals surface area contributed by atoms with Gasteiger partial charge in [-0.05, 0) is 30.5 Å². The Morgan fingerprint density at radius 3 is 2.71 bits per heavy atom. The number of aliphatic carboxylic acids is 1. The predicted molar refractivity (Wildman–Crippen MR) is 76.9 cm³/mol. The summed E-state index contributed by atoms with van der Waals surface area (Å²) in [5.74, 6) is -1.93. The molecule has 0 saturated carbocycles. The van der Waals surface area contributed by atoms with Crippen LogP contribution in [0, 0.1) is 17.7 Å². The molecule has 1 aromatic rings. The minimum absolute atomic E-state index is 0.0988. The van der Waals surface area contributed by atoms with Crippen LogP contribution >= 0.6 is 11.6 Å². The lowest BCUT2D eigenvalue weighted by molar-refractivity contribution is -0.143. The van der Waals surface area contributed by atoms with Crippen LogP contribution in [0.4, 0.5) is 14.9 Å². The number of anilines is 1. The van der Waals surface area contributed by atoms with Crippen LogP contribution < -0.4 is 5.32 Å². The molecule has 1 heterocycles. The van der Waals surface area contributed by atoms with E-state index in [-0.39, 0.29) is 23.2 Å². The highest BCUT2D eigenvalue weighted by Crippen LogP contribution is 2.23. The topological polar surface area (TPSA) is 69.6 Å². The van der Waals surface area contributed by atoms with E-state index in [4.69, 9.17) is 16.7 Å². The average Bonchev–Trinajstić information content (AvgIpc) is 2.36. The standard InChI is InChI=1S/C14H16ClFN2O3/c1-8-2-9(13(19)20)7-18(6-8)14(21)17-12-4-10(15)3-11(16)5-12/h3-5,8-9H,2,6-7H2,1H3,(H,17,21)(H,19,20). The Balaban J connectivity index is 2.06. The van der Waals surface area contributed by atoms with Gasteiger partial charge in [0.25, 0.3) is 0 Å². The van der Waals surface area contributed by atoms with Crippen LogP contribution in [0.15, 0.2) is 18.2 Å². The van der Waals surface area contributed by atoms with Crippen LogP contribution in [0.5, 0.6) is 0 Å². The van der Waals surface area contributed by atoms with E-state index in [9.17, 15) is 14.0 Å². The molecule has 2 rings (SSSR count). The van der Waals surface area contributed by atoms with E-state index in [2.05, 4.69) is 5.32 Å². The second kappa shape index (κ2) is 6.30. The third-order valence-corrected chi connectivity index (χ3v) is 3.63. The molecule has 1 aromatic carbocycles. The molecule has 1 aliphatic heterocycles. The van der Waals surface area contributed by atoms with E-state index < -0.39 is 23.7 Å². The van der Waals surface area contributed by atoms with E-state index in [1.54, 1.807) is 0 Å². The highest BCUT2D eigenvalue weighted by atomic mass is 35.5. The predicted octanol–water partition coefficient (Wildman–Crippen LogP) is 3.05. The van der Waals surface area contributed by atoms with Crippen LogP contribution in [-0.4, -0.2) is 35.1 Å². The summed E-state index contributed by atoms with van der Waals surface area (Å²) in [4.78, 5) is 24.7. The number of carbonyl (C=O) groups excluding carboxylic acids is 1. The maximum Gasteiger partial charge on any atom is 0.321 e. The largest absolute Gasteiger partial charge is 0.481 e. The van der Waals surface area contributed by atoms with Gasteiger partial charge in [-0.2, -0.15) is 0 Å². The first-order valence-electron chi connectivity index (χ1n) is 6.60. The van der Waals surface area contributed by atoms with E-state index in [0.717, 1.165) is 12.1 Å². The van der Waals surface area contributed by atoms with Gasteiger partial charge in [-0.1, -0.05) is 18.5 Å². The molecule has 7 heteroatoms. The SMILES string of the molecule is CC1CC(C(=O)O)CN(C(=O)Nc2cc(F)cc(Cl)c2)C1. The number of carboxylic acids is 1. The van der Waals surface area contributed by atoms with Crippen molar-refractivity contribution in [1.82, 2.24) is 4.90 Å². The quantitative estimate of drug-likeness (QED) is 0.881. The Hall–Kier alpha value is -1.82. The van der Waals surface area contributed by atoms with Gasteiger partial charge in [0.2, 0.25) is 0 Å². The van der Waals surface area contributed by atoms with Gasteiger partial charge in [0.05, 0.1) is 5.92 Å². The Bertz CT molecular complexity index is 547. The normalized spacial score (nSPS) is 22.0. The number of hydrogen-bond acceptors (Lipinski definition) is 2. The molecule has 2 unspecified atom stereocenters. The Labute approximate surface area is 126 Å². The van der Waals surface area contributed by atoms with Gasteiger partial charge in [0.15, 0.2) is 0 Å². The first-order chi connectivity index (χ1) is 9.85. The lowest BCUT2D eigenvalue weighted by Gasteiger charge is -2.34. The van der Waals surface area contributed by atoms with Gasteiger partial charge >= 0.3 is 12.0 Å². The number of carbonyl (C=O) groups is 2. The maximum atomic E-state index is 13.2. The molecular weight excluding hydrogens is 299 g/mol. The molecule has 0 radical (unpaired) electrons. The molecule has 2 N–H and O–H groups in total. The summed E-state index contributed by atoms with van der Waals surface area (Å²) in [7, 11) is 0. The van der Waals surface area contributed by atoms with Crippen LogP contribution in [0.3, 0.4) is 0 Å². The summed E-state index contributed by atoms with van der Waals surface area (Å²) in [5, 5.41) is 11.8. The molecule has 0 spiro atoms. The number of hydrogen-bond donors (Lipinski definition) is 2. The first kappa shape index (κ1) is 15.6. The first-order valence-corrected chi connectivity index (χ1v) is 6.97. The minimum atomic E-state index is -0.909.